The number of carbonyl (C=O) groups excluding carboxylic acids is 1. The van der Waals surface area contributed by atoms with Crippen molar-refractivity contribution in [1.82, 2.24) is 14.6 Å². The van der Waals surface area contributed by atoms with E-state index in [-0.39, 0.29) is 11.9 Å². The van der Waals surface area contributed by atoms with Crippen LogP contribution in [0.5, 0.6) is 5.88 Å². The van der Waals surface area contributed by atoms with Gasteiger partial charge in [0.05, 0.1) is 25.8 Å². The van der Waals surface area contributed by atoms with Crippen LogP contribution in [0.4, 0.5) is 0 Å². The molecule has 6 nitrogen and oxygen atoms in total. The fraction of sp³-hybridized carbons (Fsp3) is 0.588. The van der Waals surface area contributed by atoms with Gasteiger partial charge in [-0.25, -0.2) is 4.98 Å². The normalized spacial score (nSPS) is 21.3. The van der Waals surface area contributed by atoms with Crippen LogP contribution < -0.4 is 4.74 Å². The lowest BCUT2D eigenvalue weighted by Crippen LogP contribution is -2.24. The molecule has 2 aromatic heterocycles. The fourth-order valence-electron chi connectivity index (χ4n) is 3.34. The molecule has 0 amide bonds. The molecule has 2 heterocycles. The van der Waals surface area contributed by atoms with Crippen molar-refractivity contribution < 1.29 is 14.3 Å². The molecule has 0 bridgehead atoms. The SMILES string of the molecule is CCOC(=O)C1CCC(Cc2cc(OC)n3nccc3n2)CC1. The first kappa shape index (κ1) is 15.8. The summed E-state index contributed by atoms with van der Waals surface area (Å²) >= 11 is 0. The number of rotatable bonds is 5. The largest absolute Gasteiger partial charge is 0.481 e. The molecule has 0 unspecified atom stereocenters. The summed E-state index contributed by atoms with van der Waals surface area (Å²) in [5.41, 5.74) is 1.83. The molecule has 1 aliphatic carbocycles. The third-order valence-electron chi connectivity index (χ3n) is 4.55. The first-order chi connectivity index (χ1) is 11.2. The third kappa shape index (κ3) is 3.46. The average molecular weight is 317 g/mol. The van der Waals surface area contributed by atoms with Crippen LogP contribution in [0.1, 0.15) is 38.3 Å². The highest BCUT2D eigenvalue weighted by atomic mass is 16.5. The standard InChI is InChI=1S/C17H23N3O3/c1-3-23-17(21)13-6-4-12(5-7-13)10-14-11-16(22-2)20-15(19-14)8-9-18-20/h8-9,11-13H,3-7,10H2,1-2H3. The van der Waals surface area contributed by atoms with E-state index in [1.807, 2.05) is 19.1 Å². The van der Waals surface area contributed by atoms with Gasteiger partial charge in [-0.2, -0.15) is 9.61 Å². The van der Waals surface area contributed by atoms with Crippen LogP contribution in [0.2, 0.25) is 0 Å². The maximum atomic E-state index is 11.8. The quantitative estimate of drug-likeness (QED) is 0.793. The summed E-state index contributed by atoms with van der Waals surface area (Å²) in [7, 11) is 1.64. The summed E-state index contributed by atoms with van der Waals surface area (Å²) in [5.74, 6) is 1.30. The zero-order chi connectivity index (χ0) is 16.2. The number of aromatic nitrogens is 3. The lowest BCUT2D eigenvalue weighted by molar-refractivity contribution is -0.149. The minimum absolute atomic E-state index is 0.0357. The Hall–Kier alpha value is -2.11. The van der Waals surface area contributed by atoms with Crippen molar-refractivity contribution in [3.63, 3.8) is 0 Å². The van der Waals surface area contributed by atoms with Gasteiger partial charge in [0.1, 0.15) is 0 Å². The number of nitrogens with zero attached hydrogens (tertiary/aromatic N) is 3. The highest BCUT2D eigenvalue weighted by Gasteiger charge is 2.27. The van der Waals surface area contributed by atoms with E-state index in [1.54, 1.807) is 17.8 Å². The minimum atomic E-state index is -0.0357. The van der Waals surface area contributed by atoms with Crippen molar-refractivity contribution in [1.29, 1.82) is 0 Å². The number of hydrogen-bond acceptors (Lipinski definition) is 5. The molecule has 23 heavy (non-hydrogen) atoms. The Balaban J connectivity index is 1.63. The second-order valence-corrected chi connectivity index (χ2v) is 6.06. The Labute approximate surface area is 135 Å². The highest BCUT2D eigenvalue weighted by molar-refractivity contribution is 5.72. The van der Waals surface area contributed by atoms with E-state index in [2.05, 4.69) is 10.1 Å². The first-order valence-electron chi connectivity index (χ1n) is 8.25. The van der Waals surface area contributed by atoms with Gasteiger partial charge >= 0.3 is 5.97 Å². The van der Waals surface area contributed by atoms with Crippen molar-refractivity contribution in [2.24, 2.45) is 11.8 Å². The predicted octanol–water partition coefficient (Wildman–Crippen LogP) is 2.65. The smallest absolute Gasteiger partial charge is 0.308 e. The Morgan fingerprint density at radius 3 is 2.83 bits per heavy atom. The summed E-state index contributed by atoms with van der Waals surface area (Å²) in [6.45, 7) is 2.32. The van der Waals surface area contributed by atoms with E-state index in [0.29, 0.717) is 18.4 Å². The van der Waals surface area contributed by atoms with Crippen LogP contribution in [-0.2, 0) is 16.0 Å². The molecule has 3 rings (SSSR count). The zero-order valence-electron chi connectivity index (χ0n) is 13.7. The van der Waals surface area contributed by atoms with Crippen LogP contribution in [0.3, 0.4) is 0 Å². The highest BCUT2D eigenvalue weighted by Crippen LogP contribution is 2.32. The number of fused-ring (bicyclic) bond motifs is 1. The lowest BCUT2D eigenvalue weighted by Gasteiger charge is -2.27. The molecule has 124 valence electrons. The van der Waals surface area contributed by atoms with Gasteiger partial charge in [-0.3, -0.25) is 4.79 Å². The molecule has 0 aliphatic heterocycles. The van der Waals surface area contributed by atoms with Crippen LogP contribution >= 0.6 is 0 Å². The second-order valence-electron chi connectivity index (χ2n) is 6.06. The van der Waals surface area contributed by atoms with Gasteiger partial charge in [0.25, 0.3) is 0 Å². The number of hydrogen-bond donors (Lipinski definition) is 0. The zero-order valence-corrected chi connectivity index (χ0v) is 13.7. The molecule has 0 radical (unpaired) electrons. The topological polar surface area (TPSA) is 65.7 Å². The van der Waals surface area contributed by atoms with Crippen LogP contribution in [0, 0.1) is 11.8 Å². The van der Waals surface area contributed by atoms with E-state index in [4.69, 9.17) is 9.47 Å². The van der Waals surface area contributed by atoms with Gasteiger partial charge in [0, 0.05) is 17.8 Å². The van der Waals surface area contributed by atoms with Gasteiger partial charge in [-0.1, -0.05) is 0 Å². The van der Waals surface area contributed by atoms with Crippen molar-refractivity contribution >= 4 is 11.6 Å². The van der Waals surface area contributed by atoms with E-state index in [0.717, 1.165) is 43.4 Å². The van der Waals surface area contributed by atoms with Gasteiger partial charge in [-0.15, -0.1) is 0 Å². The van der Waals surface area contributed by atoms with Crippen LogP contribution in [-0.4, -0.2) is 34.3 Å². The van der Waals surface area contributed by atoms with Crippen LogP contribution in [0.25, 0.3) is 5.65 Å². The van der Waals surface area contributed by atoms with E-state index in [1.165, 1.54) is 0 Å². The predicted molar refractivity (Wildman–Crippen MR) is 85.3 cm³/mol. The van der Waals surface area contributed by atoms with Crippen molar-refractivity contribution in [3.05, 3.63) is 24.0 Å². The summed E-state index contributed by atoms with van der Waals surface area (Å²) in [4.78, 5) is 16.5. The van der Waals surface area contributed by atoms with Gasteiger partial charge in [0.2, 0.25) is 5.88 Å². The van der Waals surface area contributed by atoms with Crippen molar-refractivity contribution in [2.45, 2.75) is 39.0 Å². The second kappa shape index (κ2) is 6.98. The number of ether oxygens (including phenoxy) is 2. The molecule has 0 N–H and O–H groups in total. The Morgan fingerprint density at radius 1 is 1.35 bits per heavy atom. The van der Waals surface area contributed by atoms with E-state index < -0.39 is 0 Å². The Bertz CT molecular complexity index is 675. The molecular weight excluding hydrogens is 294 g/mol. The van der Waals surface area contributed by atoms with Crippen molar-refractivity contribution in [2.75, 3.05) is 13.7 Å². The molecule has 0 atom stereocenters. The first-order valence-corrected chi connectivity index (χ1v) is 8.25. The fourth-order valence-corrected chi connectivity index (χ4v) is 3.34. The van der Waals surface area contributed by atoms with Gasteiger partial charge in [-0.05, 0) is 44.9 Å². The molecule has 0 saturated heterocycles. The average Bonchev–Trinajstić information content (AvgIpc) is 3.03. The van der Waals surface area contributed by atoms with Crippen molar-refractivity contribution in [3.8, 4) is 5.88 Å². The molecule has 6 heteroatoms. The number of carbonyl (C=O) groups is 1. The maximum absolute atomic E-state index is 11.8. The van der Waals surface area contributed by atoms with E-state index in [9.17, 15) is 4.79 Å². The molecule has 0 spiro atoms. The monoisotopic (exact) mass is 317 g/mol. The Kier molecular flexibility index (Phi) is 4.79. The minimum Gasteiger partial charge on any atom is -0.481 e. The Morgan fingerprint density at radius 2 is 2.13 bits per heavy atom. The summed E-state index contributed by atoms with van der Waals surface area (Å²) in [5, 5.41) is 4.20. The summed E-state index contributed by atoms with van der Waals surface area (Å²) in [6.07, 6.45) is 6.54. The third-order valence-corrected chi connectivity index (χ3v) is 4.55. The van der Waals surface area contributed by atoms with E-state index >= 15 is 0 Å². The number of methoxy groups -OCH3 is 1. The molecule has 0 aromatic carbocycles. The molecule has 1 aliphatic rings. The number of esters is 1. The molecule has 1 fully saturated rings. The van der Waals surface area contributed by atoms with Gasteiger partial charge < -0.3 is 9.47 Å². The lowest BCUT2D eigenvalue weighted by atomic mass is 9.80. The van der Waals surface area contributed by atoms with Crippen LogP contribution in [0.15, 0.2) is 18.3 Å². The summed E-state index contributed by atoms with van der Waals surface area (Å²) < 4.78 is 12.2. The maximum Gasteiger partial charge on any atom is 0.308 e. The summed E-state index contributed by atoms with van der Waals surface area (Å²) in [6, 6.07) is 3.83. The molecular formula is C17H23N3O3. The van der Waals surface area contributed by atoms with Gasteiger partial charge in [0.15, 0.2) is 5.65 Å². The molecule has 2 aromatic rings. The molecule has 1 saturated carbocycles.